The van der Waals surface area contributed by atoms with Crippen LogP contribution in [0, 0.1) is 0 Å². The zero-order valence-corrected chi connectivity index (χ0v) is 9.19. The number of aromatic nitrogens is 2. The molecule has 15 heavy (non-hydrogen) atoms. The van der Waals surface area contributed by atoms with Gasteiger partial charge in [0.1, 0.15) is 6.10 Å². The number of likely N-dealkylation sites (N-methyl/N-ethyl adjacent to an activating group) is 1. The van der Waals surface area contributed by atoms with E-state index in [2.05, 4.69) is 10.4 Å². The van der Waals surface area contributed by atoms with Crippen LogP contribution in [0.5, 0.6) is 0 Å². The first-order valence-corrected chi connectivity index (χ1v) is 5.75. The second-order valence-corrected chi connectivity index (χ2v) is 4.11. The van der Waals surface area contributed by atoms with Crippen LogP contribution in [0.4, 0.5) is 0 Å². The summed E-state index contributed by atoms with van der Waals surface area (Å²) in [5.74, 6) is 0. The Morgan fingerprint density at radius 1 is 1.67 bits per heavy atom. The monoisotopic (exact) mass is 209 g/mol. The van der Waals surface area contributed by atoms with Gasteiger partial charge in [0.2, 0.25) is 0 Å². The SMILES string of the molecule is CCNCC(O)c1ccnn1C1CCC1. The van der Waals surface area contributed by atoms with Crippen LogP contribution in [0.2, 0.25) is 0 Å². The molecule has 2 rings (SSSR count). The fraction of sp³-hybridized carbons (Fsp3) is 0.727. The predicted octanol–water partition coefficient (Wildman–Crippen LogP) is 1.25. The Morgan fingerprint density at radius 3 is 3.07 bits per heavy atom. The molecule has 1 aliphatic carbocycles. The van der Waals surface area contributed by atoms with Crippen LogP contribution in [-0.2, 0) is 0 Å². The van der Waals surface area contributed by atoms with Crippen LogP contribution in [-0.4, -0.2) is 28.0 Å². The maximum atomic E-state index is 9.97. The number of aliphatic hydroxyl groups is 1. The van der Waals surface area contributed by atoms with Crippen molar-refractivity contribution in [2.24, 2.45) is 0 Å². The molecule has 4 nitrogen and oxygen atoms in total. The molecule has 0 spiro atoms. The molecule has 1 unspecified atom stereocenters. The van der Waals surface area contributed by atoms with Gasteiger partial charge in [0.15, 0.2) is 0 Å². The van der Waals surface area contributed by atoms with E-state index in [4.69, 9.17) is 0 Å². The molecule has 0 aromatic carbocycles. The van der Waals surface area contributed by atoms with Gasteiger partial charge in [-0.05, 0) is 31.9 Å². The third-order valence-electron chi connectivity index (χ3n) is 3.05. The lowest BCUT2D eigenvalue weighted by atomic mass is 9.93. The van der Waals surface area contributed by atoms with Gasteiger partial charge in [-0.15, -0.1) is 0 Å². The predicted molar refractivity (Wildman–Crippen MR) is 58.6 cm³/mol. The highest BCUT2D eigenvalue weighted by Crippen LogP contribution is 2.32. The van der Waals surface area contributed by atoms with Crippen LogP contribution in [0.15, 0.2) is 12.3 Å². The van der Waals surface area contributed by atoms with E-state index in [1.165, 1.54) is 19.3 Å². The highest BCUT2D eigenvalue weighted by molar-refractivity contribution is 5.07. The minimum atomic E-state index is -0.437. The highest BCUT2D eigenvalue weighted by Gasteiger charge is 2.24. The minimum absolute atomic E-state index is 0.437. The maximum Gasteiger partial charge on any atom is 0.108 e. The van der Waals surface area contributed by atoms with Gasteiger partial charge < -0.3 is 10.4 Å². The Bertz CT molecular complexity index is 307. The van der Waals surface area contributed by atoms with E-state index in [0.29, 0.717) is 12.6 Å². The Labute approximate surface area is 90.3 Å². The molecule has 1 saturated carbocycles. The quantitative estimate of drug-likeness (QED) is 0.767. The van der Waals surface area contributed by atoms with Crippen molar-refractivity contribution in [3.8, 4) is 0 Å². The number of aliphatic hydroxyl groups excluding tert-OH is 1. The second kappa shape index (κ2) is 4.77. The van der Waals surface area contributed by atoms with Crippen LogP contribution in [0.25, 0.3) is 0 Å². The Balaban J connectivity index is 2.02. The lowest BCUT2D eigenvalue weighted by Gasteiger charge is -2.28. The van der Waals surface area contributed by atoms with E-state index < -0.39 is 6.10 Å². The van der Waals surface area contributed by atoms with Gasteiger partial charge in [0.25, 0.3) is 0 Å². The van der Waals surface area contributed by atoms with Crippen molar-refractivity contribution in [1.29, 1.82) is 0 Å². The molecule has 1 aromatic heterocycles. The Morgan fingerprint density at radius 2 is 2.47 bits per heavy atom. The van der Waals surface area contributed by atoms with E-state index in [1.54, 1.807) is 6.20 Å². The minimum Gasteiger partial charge on any atom is -0.385 e. The first-order chi connectivity index (χ1) is 7.33. The second-order valence-electron chi connectivity index (χ2n) is 4.11. The van der Waals surface area contributed by atoms with E-state index in [-0.39, 0.29) is 0 Å². The van der Waals surface area contributed by atoms with Gasteiger partial charge in [-0.2, -0.15) is 5.10 Å². The average molecular weight is 209 g/mol. The zero-order chi connectivity index (χ0) is 10.7. The van der Waals surface area contributed by atoms with Crippen LogP contribution in [0.3, 0.4) is 0 Å². The van der Waals surface area contributed by atoms with Gasteiger partial charge in [-0.3, -0.25) is 4.68 Å². The number of nitrogens with zero attached hydrogens (tertiary/aromatic N) is 2. The van der Waals surface area contributed by atoms with E-state index in [9.17, 15) is 5.11 Å². The molecule has 1 heterocycles. The van der Waals surface area contributed by atoms with Crippen molar-refractivity contribution >= 4 is 0 Å². The summed E-state index contributed by atoms with van der Waals surface area (Å²) >= 11 is 0. The third-order valence-corrected chi connectivity index (χ3v) is 3.05. The Kier molecular flexibility index (Phi) is 3.38. The summed E-state index contributed by atoms with van der Waals surface area (Å²) in [4.78, 5) is 0. The van der Waals surface area contributed by atoms with Crippen molar-refractivity contribution in [2.45, 2.75) is 38.3 Å². The summed E-state index contributed by atoms with van der Waals surface area (Å²) in [6.07, 6.45) is 5.02. The van der Waals surface area contributed by atoms with Gasteiger partial charge in [-0.25, -0.2) is 0 Å². The summed E-state index contributed by atoms with van der Waals surface area (Å²) in [6.45, 7) is 3.53. The largest absolute Gasteiger partial charge is 0.385 e. The molecule has 84 valence electrons. The first-order valence-electron chi connectivity index (χ1n) is 5.75. The van der Waals surface area contributed by atoms with Gasteiger partial charge >= 0.3 is 0 Å². The number of hydrogen-bond donors (Lipinski definition) is 2. The Hall–Kier alpha value is -0.870. The smallest absolute Gasteiger partial charge is 0.108 e. The molecular formula is C11H19N3O. The van der Waals surface area contributed by atoms with Gasteiger partial charge in [0, 0.05) is 12.7 Å². The lowest BCUT2D eigenvalue weighted by molar-refractivity contribution is 0.153. The standard InChI is InChI=1S/C11H19N3O/c1-2-12-8-11(15)10-6-7-13-14(10)9-4-3-5-9/h6-7,9,11-12,15H,2-5,8H2,1H3. The summed E-state index contributed by atoms with van der Waals surface area (Å²) in [5, 5.41) is 17.4. The van der Waals surface area contributed by atoms with E-state index in [1.807, 2.05) is 17.7 Å². The average Bonchev–Trinajstić information content (AvgIpc) is 2.60. The molecule has 0 bridgehead atoms. The fourth-order valence-electron chi connectivity index (χ4n) is 1.91. The number of nitrogens with one attached hydrogen (secondary N) is 1. The van der Waals surface area contributed by atoms with Crippen molar-refractivity contribution in [3.63, 3.8) is 0 Å². The van der Waals surface area contributed by atoms with E-state index in [0.717, 1.165) is 12.2 Å². The first kappa shape index (κ1) is 10.6. The summed E-state index contributed by atoms with van der Waals surface area (Å²) < 4.78 is 1.99. The summed E-state index contributed by atoms with van der Waals surface area (Å²) in [5.41, 5.74) is 0.945. The number of hydrogen-bond acceptors (Lipinski definition) is 3. The normalized spacial score (nSPS) is 18.8. The summed E-state index contributed by atoms with van der Waals surface area (Å²) in [6, 6.07) is 2.44. The number of rotatable bonds is 5. The molecule has 0 radical (unpaired) electrons. The van der Waals surface area contributed by atoms with Crippen LogP contribution >= 0.6 is 0 Å². The topological polar surface area (TPSA) is 50.1 Å². The molecule has 1 fully saturated rings. The summed E-state index contributed by atoms with van der Waals surface area (Å²) in [7, 11) is 0. The molecule has 4 heteroatoms. The lowest BCUT2D eigenvalue weighted by Crippen LogP contribution is -2.26. The molecule has 1 aliphatic rings. The fourth-order valence-corrected chi connectivity index (χ4v) is 1.91. The molecule has 0 amide bonds. The van der Waals surface area contributed by atoms with Crippen molar-refractivity contribution in [3.05, 3.63) is 18.0 Å². The molecule has 1 aromatic rings. The van der Waals surface area contributed by atoms with Crippen molar-refractivity contribution < 1.29 is 5.11 Å². The molecular weight excluding hydrogens is 190 g/mol. The molecule has 0 saturated heterocycles. The molecule has 2 N–H and O–H groups in total. The maximum absolute atomic E-state index is 9.97. The van der Waals surface area contributed by atoms with Crippen LogP contribution < -0.4 is 5.32 Å². The van der Waals surface area contributed by atoms with E-state index >= 15 is 0 Å². The molecule has 0 aliphatic heterocycles. The van der Waals surface area contributed by atoms with Crippen molar-refractivity contribution in [1.82, 2.24) is 15.1 Å². The zero-order valence-electron chi connectivity index (χ0n) is 9.19. The van der Waals surface area contributed by atoms with Gasteiger partial charge in [-0.1, -0.05) is 6.92 Å². The highest BCUT2D eigenvalue weighted by atomic mass is 16.3. The van der Waals surface area contributed by atoms with Gasteiger partial charge in [0.05, 0.1) is 11.7 Å². The van der Waals surface area contributed by atoms with Crippen molar-refractivity contribution in [2.75, 3.05) is 13.1 Å². The van der Waals surface area contributed by atoms with Crippen LogP contribution in [0.1, 0.15) is 44.0 Å². The third kappa shape index (κ3) is 2.21. The molecule has 1 atom stereocenters.